The molecule has 2 N–H and O–H groups in total. The van der Waals surface area contributed by atoms with Crippen LogP contribution in [-0.4, -0.2) is 37.1 Å². The van der Waals surface area contributed by atoms with Crippen molar-refractivity contribution in [2.75, 3.05) is 13.2 Å². The third-order valence-electron chi connectivity index (χ3n) is 4.45. The molecule has 1 aliphatic rings. The van der Waals surface area contributed by atoms with E-state index in [2.05, 4.69) is 10.9 Å². The number of esters is 1. The summed E-state index contributed by atoms with van der Waals surface area (Å²) in [5.41, 5.74) is 4.76. The fourth-order valence-electron chi connectivity index (χ4n) is 2.93. The normalized spacial score (nSPS) is 14.6. The van der Waals surface area contributed by atoms with Crippen LogP contribution in [0.5, 0.6) is 11.5 Å². The van der Waals surface area contributed by atoms with Crippen LogP contribution in [0.2, 0.25) is 0 Å². The van der Waals surface area contributed by atoms with Crippen molar-refractivity contribution in [2.45, 2.75) is 6.10 Å². The van der Waals surface area contributed by atoms with Gasteiger partial charge in [0.05, 0.1) is 5.56 Å². The number of nitrogens with one attached hydrogen (secondary N) is 2. The summed E-state index contributed by atoms with van der Waals surface area (Å²) in [5, 5.41) is 1.88. The van der Waals surface area contributed by atoms with Crippen LogP contribution in [0.1, 0.15) is 10.4 Å². The van der Waals surface area contributed by atoms with Gasteiger partial charge in [0.25, 0.3) is 11.8 Å². The van der Waals surface area contributed by atoms with Gasteiger partial charge in [-0.25, -0.2) is 4.79 Å². The number of ether oxygens (including phenoxy) is 3. The van der Waals surface area contributed by atoms with Gasteiger partial charge in [0.15, 0.2) is 18.1 Å². The van der Waals surface area contributed by atoms with E-state index in [-0.39, 0.29) is 6.61 Å². The number of hydrogen-bond donors (Lipinski definition) is 2. The molecule has 1 aliphatic heterocycles. The van der Waals surface area contributed by atoms with E-state index in [0.717, 1.165) is 10.8 Å². The zero-order valence-corrected chi connectivity index (χ0v) is 15.8. The Bertz CT molecular complexity index is 1110. The van der Waals surface area contributed by atoms with E-state index in [0.29, 0.717) is 17.1 Å². The molecule has 8 nitrogen and oxygen atoms in total. The van der Waals surface area contributed by atoms with Crippen LogP contribution in [0, 0.1) is 0 Å². The Labute approximate surface area is 171 Å². The molecule has 8 heteroatoms. The number of rotatable bonds is 4. The largest absolute Gasteiger partial charge is 0.485 e. The van der Waals surface area contributed by atoms with Gasteiger partial charge in [-0.05, 0) is 35.0 Å². The number of benzene rings is 3. The number of amides is 2. The van der Waals surface area contributed by atoms with Crippen molar-refractivity contribution < 1.29 is 28.6 Å². The zero-order chi connectivity index (χ0) is 20.9. The van der Waals surface area contributed by atoms with E-state index in [1.54, 1.807) is 42.5 Å². The molecule has 2 amide bonds. The molecule has 0 radical (unpaired) electrons. The molecule has 0 bridgehead atoms. The molecule has 0 spiro atoms. The van der Waals surface area contributed by atoms with E-state index in [1.165, 1.54) is 0 Å². The average Bonchev–Trinajstić information content (AvgIpc) is 2.80. The van der Waals surface area contributed by atoms with Crippen molar-refractivity contribution in [1.82, 2.24) is 10.9 Å². The number of fused-ring (bicyclic) bond motifs is 2. The number of hydrogen-bond acceptors (Lipinski definition) is 6. The molecular formula is C22H18N2O6. The summed E-state index contributed by atoms with van der Waals surface area (Å²) in [6.07, 6.45) is -0.916. The fraction of sp³-hybridized carbons (Fsp3) is 0.136. The van der Waals surface area contributed by atoms with Crippen LogP contribution in [0.15, 0.2) is 66.7 Å². The summed E-state index contributed by atoms with van der Waals surface area (Å²) in [7, 11) is 0. The first-order valence-electron chi connectivity index (χ1n) is 9.23. The van der Waals surface area contributed by atoms with Crippen molar-refractivity contribution in [3.63, 3.8) is 0 Å². The lowest BCUT2D eigenvalue weighted by Gasteiger charge is -2.25. The molecule has 1 unspecified atom stereocenters. The SMILES string of the molecule is O=C(COC(=O)c1ccc2ccccc2c1)NNC(=O)C1COc2ccccc2O1. The van der Waals surface area contributed by atoms with E-state index < -0.39 is 30.5 Å². The van der Waals surface area contributed by atoms with Crippen LogP contribution in [0.25, 0.3) is 10.8 Å². The number of carbonyl (C=O) groups excluding carboxylic acids is 3. The molecule has 3 aromatic carbocycles. The van der Waals surface area contributed by atoms with Crippen LogP contribution in [0.3, 0.4) is 0 Å². The minimum absolute atomic E-state index is 0.00959. The maximum atomic E-state index is 12.2. The molecule has 0 saturated heterocycles. The predicted molar refractivity (Wildman–Crippen MR) is 107 cm³/mol. The second-order valence-electron chi connectivity index (χ2n) is 6.54. The second-order valence-corrected chi connectivity index (χ2v) is 6.54. The highest BCUT2D eigenvalue weighted by Gasteiger charge is 2.27. The lowest BCUT2D eigenvalue weighted by Crippen LogP contribution is -2.51. The molecule has 0 aliphatic carbocycles. The molecule has 4 rings (SSSR count). The molecule has 0 aromatic heterocycles. The monoisotopic (exact) mass is 406 g/mol. The van der Waals surface area contributed by atoms with E-state index >= 15 is 0 Å². The number of hydrazine groups is 1. The summed E-state index contributed by atoms with van der Waals surface area (Å²) in [6, 6.07) is 19.7. The number of carbonyl (C=O) groups is 3. The molecule has 30 heavy (non-hydrogen) atoms. The third kappa shape index (κ3) is 4.33. The van der Waals surface area contributed by atoms with Crippen molar-refractivity contribution in [1.29, 1.82) is 0 Å². The molecule has 1 heterocycles. The summed E-state index contributed by atoms with van der Waals surface area (Å²) >= 11 is 0. The first kappa shape index (κ1) is 19.3. The maximum absolute atomic E-state index is 12.2. The van der Waals surface area contributed by atoms with Gasteiger partial charge >= 0.3 is 5.97 Å². The first-order chi connectivity index (χ1) is 14.6. The summed E-state index contributed by atoms with van der Waals surface area (Å²) in [6.45, 7) is -0.535. The topological polar surface area (TPSA) is 103 Å². The van der Waals surface area contributed by atoms with Gasteiger partial charge in [-0.2, -0.15) is 0 Å². The standard InChI is InChI=1S/C22H18N2O6/c25-20(13-29-22(27)16-10-9-14-5-1-2-6-15(14)11-16)23-24-21(26)19-12-28-17-7-3-4-8-18(17)30-19/h1-11,19H,12-13H2,(H,23,25)(H,24,26). The quantitative estimate of drug-likeness (QED) is 0.507. The molecule has 1 atom stereocenters. The van der Waals surface area contributed by atoms with Crippen LogP contribution in [0.4, 0.5) is 0 Å². The maximum Gasteiger partial charge on any atom is 0.338 e. The first-order valence-corrected chi connectivity index (χ1v) is 9.23. The lowest BCUT2D eigenvalue weighted by atomic mass is 10.1. The number of para-hydroxylation sites is 2. The van der Waals surface area contributed by atoms with Gasteiger partial charge in [-0.1, -0.05) is 42.5 Å². The van der Waals surface area contributed by atoms with Crippen molar-refractivity contribution in [3.05, 3.63) is 72.3 Å². The Morgan fingerprint density at radius 3 is 2.47 bits per heavy atom. The molecule has 0 saturated carbocycles. The summed E-state index contributed by atoms with van der Waals surface area (Å²) in [4.78, 5) is 36.2. The van der Waals surface area contributed by atoms with Crippen LogP contribution >= 0.6 is 0 Å². The van der Waals surface area contributed by atoms with Gasteiger partial charge in [0.2, 0.25) is 6.10 Å². The third-order valence-corrected chi connectivity index (χ3v) is 4.45. The Balaban J connectivity index is 1.24. The predicted octanol–water partition coefficient (Wildman–Crippen LogP) is 1.98. The van der Waals surface area contributed by atoms with Crippen LogP contribution in [-0.2, 0) is 14.3 Å². The molecule has 152 valence electrons. The molecule has 0 fully saturated rings. The molecular weight excluding hydrogens is 388 g/mol. The van der Waals surface area contributed by atoms with Crippen molar-refractivity contribution in [2.24, 2.45) is 0 Å². The Hall–Kier alpha value is -4.07. The van der Waals surface area contributed by atoms with E-state index in [9.17, 15) is 14.4 Å². The van der Waals surface area contributed by atoms with Gasteiger partial charge in [-0.15, -0.1) is 0 Å². The van der Waals surface area contributed by atoms with Gasteiger partial charge in [-0.3, -0.25) is 20.4 Å². The van der Waals surface area contributed by atoms with Crippen molar-refractivity contribution in [3.8, 4) is 11.5 Å². The summed E-state index contributed by atoms with van der Waals surface area (Å²) in [5.74, 6) is -0.915. The van der Waals surface area contributed by atoms with Gasteiger partial charge in [0, 0.05) is 0 Å². The highest BCUT2D eigenvalue weighted by atomic mass is 16.6. The van der Waals surface area contributed by atoms with Crippen molar-refractivity contribution >= 4 is 28.6 Å². The van der Waals surface area contributed by atoms with Crippen LogP contribution < -0.4 is 20.3 Å². The Kier molecular flexibility index (Phi) is 5.47. The Morgan fingerprint density at radius 2 is 1.63 bits per heavy atom. The van der Waals surface area contributed by atoms with E-state index in [1.807, 2.05) is 24.3 Å². The highest BCUT2D eigenvalue weighted by Crippen LogP contribution is 2.30. The fourth-order valence-corrected chi connectivity index (χ4v) is 2.93. The summed E-state index contributed by atoms with van der Waals surface area (Å²) < 4.78 is 16.0. The smallest absolute Gasteiger partial charge is 0.338 e. The zero-order valence-electron chi connectivity index (χ0n) is 15.8. The lowest BCUT2D eigenvalue weighted by molar-refractivity contribution is -0.135. The minimum atomic E-state index is -0.916. The van der Waals surface area contributed by atoms with E-state index in [4.69, 9.17) is 14.2 Å². The Morgan fingerprint density at radius 1 is 0.900 bits per heavy atom. The minimum Gasteiger partial charge on any atom is -0.485 e. The highest BCUT2D eigenvalue weighted by molar-refractivity contribution is 5.96. The van der Waals surface area contributed by atoms with Gasteiger partial charge in [0.1, 0.15) is 6.61 Å². The average molecular weight is 406 g/mol. The molecule has 3 aromatic rings. The second kappa shape index (κ2) is 8.52. The van der Waals surface area contributed by atoms with Gasteiger partial charge < -0.3 is 14.2 Å².